The van der Waals surface area contributed by atoms with Gasteiger partial charge in [-0.1, -0.05) is 71.1 Å². The zero-order chi connectivity index (χ0) is 26.1. The minimum Gasteiger partial charge on any atom is -0.386 e. The molecular weight excluding hydrogens is 418 g/mol. The molecule has 3 aliphatic rings. The average Bonchev–Trinajstić information content (AvgIpc) is 3.48. The van der Waals surface area contributed by atoms with Gasteiger partial charge in [-0.15, -0.1) is 6.58 Å². The number of allylic oxidation sites excluding steroid dienone is 3. The second-order valence-corrected chi connectivity index (χ2v) is 10.7. The molecule has 1 heterocycles. The van der Waals surface area contributed by atoms with Crippen LogP contribution < -0.4 is 17.1 Å². The molecule has 5 nitrogen and oxygen atoms in total. The molecule has 5 heteroatoms. The molecule has 1 saturated heterocycles. The first-order chi connectivity index (χ1) is 16.2. The highest BCUT2D eigenvalue weighted by atomic mass is 15.5. The zero-order valence-electron chi connectivity index (χ0n) is 24.0. The van der Waals surface area contributed by atoms with Crippen LogP contribution in [0.3, 0.4) is 0 Å². The summed E-state index contributed by atoms with van der Waals surface area (Å²) in [7, 11) is 2.12. The second kappa shape index (κ2) is 18.0. The summed E-state index contributed by atoms with van der Waals surface area (Å²) in [4.78, 5) is 2.29. The molecule has 4 atom stereocenters. The van der Waals surface area contributed by atoms with Crippen LogP contribution in [0.15, 0.2) is 29.4 Å². The summed E-state index contributed by atoms with van der Waals surface area (Å²) in [6.07, 6.45) is 16.4. The molecule has 2 saturated carbocycles. The Morgan fingerprint density at radius 3 is 2.29 bits per heavy atom. The van der Waals surface area contributed by atoms with E-state index in [1.165, 1.54) is 63.6 Å². The van der Waals surface area contributed by atoms with Crippen LogP contribution in [0.2, 0.25) is 0 Å². The van der Waals surface area contributed by atoms with Crippen LogP contribution in [0.1, 0.15) is 106 Å². The van der Waals surface area contributed by atoms with Crippen molar-refractivity contribution < 1.29 is 0 Å². The molecule has 0 spiro atoms. The van der Waals surface area contributed by atoms with E-state index in [2.05, 4.69) is 62.9 Å². The van der Waals surface area contributed by atoms with Crippen molar-refractivity contribution in [2.75, 3.05) is 20.1 Å². The van der Waals surface area contributed by atoms with E-state index >= 15 is 0 Å². The first-order valence-corrected chi connectivity index (χ1v) is 13.9. The quantitative estimate of drug-likeness (QED) is 0.117. The van der Waals surface area contributed by atoms with Crippen molar-refractivity contribution in [3.8, 4) is 0 Å². The number of likely N-dealkylation sites (tertiary alicyclic amines) is 1. The van der Waals surface area contributed by atoms with Gasteiger partial charge in [0.1, 0.15) is 5.84 Å². The highest BCUT2D eigenvalue weighted by Crippen LogP contribution is 2.64. The number of amidine groups is 1. The Bertz CT molecular complexity index is 589. The lowest BCUT2D eigenvalue weighted by atomic mass is 9.69. The van der Waals surface area contributed by atoms with Gasteiger partial charge in [0, 0.05) is 19.5 Å². The van der Waals surface area contributed by atoms with Gasteiger partial charge in [0.05, 0.1) is 0 Å². The smallest absolute Gasteiger partial charge is 0.121 e. The number of hydrazone groups is 1. The third-order valence-electron chi connectivity index (χ3n) is 7.71. The summed E-state index contributed by atoms with van der Waals surface area (Å²) in [5, 5.41) is 3.68. The van der Waals surface area contributed by atoms with Crippen molar-refractivity contribution >= 4 is 5.84 Å². The number of nitrogens with two attached hydrogens (primary N) is 2. The van der Waals surface area contributed by atoms with Gasteiger partial charge in [-0.2, -0.15) is 5.10 Å². The number of rotatable bonds is 8. The number of hydrogen-bond acceptors (Lipinski definition) is 4. The predicted molar refractivity (Wildman–Crippen MR) is 152 cm³/mol. The highest BCUT2D eigenvalue weighted by Gasteiger charge is 2.55. The first-order valence-electron chi connectivity index (χ1n) is 13.9. The van der Waals surface area contributed by atoms with Crippen LogP contribution in [0.4, 0.5) is 0 Å². The van der Waals surface area contributed by atoms with E-state index in [4.69, 9.17) is 11.6 Å². The fraction of sp³-hybridized carbons (Fsp3) is 0.828. The van der Waals surface area contributed by atoms with Crippen molar-refractivity contribution in [1.82, 2.24) is 10.4 Å². The molecule has 3 fully saturated rings. The highest BCUT2D eigenvalue weighted by molar-refractivity contribution is 5.79. The Balaban J connectivity index is 0.000000561. The van der Waals surface area contributed by atoms with Crippen LogP contribution in [-0.2, 0) is 0 Å². The Kier molecular flexibility index (Phi) is 17.3. The maximum atomic E-state index is 5.54. The van der Waals surface area contributed by atoms with Crippen molar-refractivity contribution in [3.63, 3.8) is 0 Å². The van der Waals surface area contributed by atoms with Crippen LogP contribution in [0.25, 0.3) is 0 Å². The number of nitrogens with zero attached hydrogens (tertiary/aromatic N) is 2. The third-order valence-corrected chi connectivity index (χ3v) is 7.71. The lowest BCUT2D eigenvalue weighted by Gasteiger charge is -2.36. The molecule has 0 amide bonds. The topological polar surface area (TPSA) is 79.7 Å². The molecule has 3 rings (SSSR count). The summed E-state index contributed by atoms with van der Waals surface area (Å²) < 4.78 is 0. The zero-order valence-corrected chi connectivity index (χ0v) is 24.0. The maximum absolute atomic E-state index is 5.54. The van der Waals surface area contributed by atoms with Crippen LogP contribution in [-0.4, -0.2) is 30.9 Å². The molecule has 0 bridgehead atoms. The SMILES string of the molecule is C=CC.CC.CCC1CCCCC1C1(C)CC1CC=C(C)C.CN1CC(CC/C(N)=N/NN)C1. The number of nitrogens with one attached hydrogen (secondary N) is 1. The summed E-state index contributed by atoms with van der Waals surface area (Å²) >= 11 is 0. The van der Waals surface area contributed by atoms with E-state index in [9.17, 15) is 0 Å². The van der Waals surface area contributed by atoms with Gasteiger partial charge in [0.15, 0.2) is 0 Å². The molecule has 0 radical (unpaired) electrons. The Hall–Kier alpha value is -1.33. The average molecular weight is 478 g/mol. The van der Waals surface area contributed by atoms with E-state index in [0.717, 1.165) is 36.5 Å². The molecule has 5 N–H and O–H groups in total. The largest absolute Gasteiger partial charge is 0.386 e. The molecular formula is C29H59N5. The standard InChI is InChI=1S/C17H30.C7H17N5.C3H6.C2H6/c1-5-14-8-6-7-9-16(14)17(4)12-15(17)11-10-13(2)3;1-12-4-6(5-12)2-3-7(8)10-11-9;1-3-2;1-2/h10,14-16H,5-9,11-12H2,1-4H3;6,11H,2-5,9H2,1H3,(H2,8,10);3H,1H2,2H3;1-2H3. The summed E-state index contributed by atoms with van der Waals surface area (Å²) in [5.41, 5.74) is 9.93. The molecule has 0 aromatic rings. The minimum atomic E-state index is 0.590. The molecule has 200 valence electrons. The van der Waals surface area contributed by atoms with Gasteiger partial charge in [0.25, 0.3) is 0 Å². The fourth-order valence-electron chi connectivity index (χ4n) is 5.72. The second-order valence-electron chi connectivity index (χ2n) is 10.7. The van der Waals surface area contributed by atoms with E-state index in [0.29, 0.717) is 11.3 Å². The number of hydrazine groups is 1. The van der Waals surface area contributed by atoms with Crippen LogP contribution in [0.5, 0.6) is 0 Å². The Labute approximate surface area is 212 Å². The minimum absolute atomic E-state index is 0.590. The van der Waals surface area contributed by atoms with E-state index in [-0.39, 0.29) is 0 Å². The first kappa shape index (κ1) is 32.7. The van der Waals surface area contributed by atoms with Crippen molar-refractivity contribution in [1.29, 1.82) is 0 Å². The summed E-state index contributed by atoms with van der Waals surface area (Å²) in [5.74, 6) is 9.43. The molecule has 2 aliphatic carbocycles. The van der Waals surface area contributed by atoms with Gasteiger partial charge >= 0.3 is 0 Å². The summed E-state index contributed by atoms with van der Waals surface area (Å²) in [6, 6.07) is 0. The van der Waals surface area contributed by atoms with Crippen LogP contribution in [0, 0.1) is 29.1 Å². The molecule has 34 heavy (non-hydrogen) atoms. The Morgan fingerprint density at radius 2 is 1.79 bits per heavy atom. The lowest BCUT2D eigenvalue weighted by molar-refractivity contribution is 0.129. The third kappa shape index (κ3) is 11.9. The molecule has 0 aromatic carbocycles. The van der Waals surface area contributed by atoms with E-state index in [1.807, 2.05) is 20.8 Å². The van der Waals surface area contributed by atoms with Gasteiger partial charge in [0.2, 0.25) is 0 Å². The van der Waals surface area contributed by atoms with Gasteiger partial charge in [-0.3, -0.25) is 0 Å². The number of hydrogen-bond donors (Lipinski definition) is 3. The van der Waals surface area contributed by atoms with Crippen molar-refractivity contribution in [2.24, 2.45) is 45.8 Å². The van der Waals surface area contributed by atoms with E-state index < -0.39 is 0 Å². The molecule has 4 unspecified atom stereocenters. The van der Waals surface area contributed by atoms with Crippen molar-refractivity contribution in [2.45, 2.75) is 106 Å². The lowest BCUT2D eigenvalue weighted by Crippen LogP contribution is -2.43. The fourth-order valence-corrected chi connectivity index (χ4v) is 5.72. The van der Waals surface area contributed by atoms with Crippen LogP contribution >= 0.6 is 0 Å². The normalized spacial score (nSPS) is 28.4. The predicted octanol–water partition coefficient (Wildman–Crippen LogP) is 6.87. The Morgan fingerprint density at radius 1 is 1.21 bits per heavy atom. The van der Waals surface area contributed by atoms with Gasteiger partial charge in [-0.05, 0) is 82.6 Å². The molecule has 1 aliphatic heterocycles. The van der Waals surface area contributed by atoms with Crippen molar-refractivity contribution in [3.05, 3.63) is 24.3 Å². The van der Waals surface area contributed by atoms with Gasteiger partial charge in [-0.25, -0.2) is 11.4 Å². The monoisotopic (exact) mass is 477 g/mol. The summed E-state index contributed by atoms with van der Waals surface area (Å²) in [6.45, 7) is 21.1. The maximum Gasteiger partial charge on any atom is 0.121 e. The molecule has 0 aromatic heterocycles. The van der Waals surface area contributed by atoms with Gasteiger partial charge < -0.3 is 10.6 Å². The van der Waals surface area contributed by atoms with E-state index in [1.54, 1.807) is 6.08 Å².